The first kappa shape index (κ1) is 19.4. The van der Waals surface area contributed by atoms with Crippen LogP contribution in [0.5, 0.6) is 5.75 Å². The molecular formula is C22H24N4O2. The summed E-state index contributed by atoms with van der Waals surface area (Å²) in [5.74, 6) is 1.34. The van der Waals surface area contributed by atoms with Gasteiger partial charge in [0.15, 0.2) is 0 Å². The molecule has 2 aromatic heterocycles. The number of anilines is 2. The molecule has 0 bridgehead atoms. The molecule has 6 heteroatoms. The van der Waals surface area contributed by atoms with Gasteiger partial charge in [0.2, 0.25) is 0 Å². The molecule has 6 nitrogen and oxygen atoms in total. The van der Waals surface area contributed by atoms with E-state index in [-0.39, 0.29) is 5.91 Å². The number of ether oxygens (including phenoxy) is 1. The highest BCUT2D eigenvalue weighted by Gasteiger charge is 2.12. The Hall–Kier alpha value is -3.41. The van der Waals surface area contributed by atoms with E-state index in [0.717, 1.165) is 29.0 Å². The van der Waals surface area contributed by atoms with Crippen LogP contribution in [0.4, 0.5) is 11.5 Å². The molecule has 1 N–H and O–H groups in total. The number of nitrogens with one attached hydrogen (secondary N) is 1. The van der Waals surface area contributed by atoms with Crippen LogP contribution in [0.2, 0.25) is 0 Å². The van der Waals surface area contributed by atoms with Crippen molar-refractivity contribution in [2.75, 3.05) is 26.0 Å². The summed E-state index contributed by atoms with van der Waals surface area (Å²) in [5, 5.41) is 3.24. The van der Waals surface area contributed by atoms with Crippen molar-refractivity contribution < 1.29 is 9.53 Å². The summed E-state index contributed by atoms with van der Waals surface area (Å²) < 4.78 is 5.37. The molecule has 2 heterocycles. The van der Waals surface area contributed by atoms with Crippen LogP contribution in [0.3, 0.4) is 0 Å². The van der Waals surface area contributed by atoms with Crippen LogP contribution in [-0.2, 0) is 6.42 Å². The van der Waals surface area contributed by atoms with Gasteiger partial charge in [-0.2, -0.15) is 0 Å². The van der Waals surface area contributed by atoms with Crippen molar-refractivity contribution in [1.29, 1.82) is 0 Å². The number of hydrogen-bond acceptors (Lipinski definition) is 5. The van der Waals surface area contributed by atoms with Gasteiger partial charge in [-0.15, -0.1) is 0 Å². The van der Waals surface area contributed by atoms with E-state index in [0.29, 0.717) is 17.9 Å². The molecule has 144 valence electrons. The lowest BCUT2D eigenvalue weighted by atomic mass is 10.2. The summed E-state index contributed by atoms with van der Waals surface area (Å²) in [6, 6.07) is 13.4. The van der Waals surface area contributed by atoms with Gasteiger partial charge in [-0.3, -0.25) is 9.78 Å². The molecule has 0 aliphatic heterocycles. The Labute approximate surface area is 165 Å². The van der Waals surface area contributed by atoms with Gasteiger partial charge in [-0.1, -0.05) is 6.07 Å². The first-order chi connectivity index (χ1) is 13.6. The second kappa shape index (κ2) is 8.99. The quantitative estimate of drug-likeness (QED) is 0.678. The van der Waals surface area contributed by atoms with Gasteiger partial charge in [-0.25, -0.2) is 4.98 Å². The number of benzene rings is 1. The first-order valence-electron chi connectivity index (χ1n) is 9.09. The van der Waals surface area contributed by atoms with Crippen molar-refractivity contribution in [1.82, 2.24) is 14.9 Å². The minimum absolute atomic E-state index is 0.0544. The maximum Gasteiger partial charge on any atom is 0.255 e. The zero-order chi connectivity index (χ0) is 19.9. The second-order valence-electron chi connectivity index (χ2n) is 6.59. The van der Waals surface area contributed by atoms with Gasteiger partial charge in [0.25, 0.3) is 5.91 Å². The molecule has 0 fully saturated rings. The maximum atomic E-state index is 12.6. The van der Waals surface area contributed by atoms with E-state index in [1.54, 1.807) is 49.8 Å². The Morgan fingerprint density at radius 3 is 2.61 bits per heavy atom. The monoisotopic (exact) mass is 376 g/mol. The van der Waals surface area contributed by atoms with E-state index in [2.05, 4.69) is 15.3 Å². The molecule has 1 aromatic carbocycles. The molecule has 0 aliphatic rings. The van der Waals surface area contributed by atoms with Crippen molar-refractivity contribution in [3.8, 4) is 5.75 Å². The van der Waals surface area contributed by atoms with Crippen molar-refractivity contribution in [2.45, 2.75) is 13.3 Å². The van der Waals surface area contributed by atoms with Gasteiger partial charge < -0.3 is 15.0 Å². The molecule has 0 aliphatic carbocycles. The van der Waals surface area contributed by atoms with Gasteiger partial charge >= 0.3 is 0 Å². The number of aromatic nitrogens is 2. The van der Waals surface area contributed by atoms with Gasteiger partial charge in [-0.05, 0) is 60.9 Å². The normalized spacial score (nSPS) is 10.4. The summed E-state index contributed by atoms with van der Waals surface area (Å²) in [4.78, 5) is 22.7. The Balaban J connectivity index is 1.63. The zero-order valence-corrected chi connectivity index (χ0v) is 16.3. The van der Waals surface area contributed by atoms with Crippen LogP contribution < -0.4 is 10.1 Å². The van der Waals surface area contributed by atoms with E-state index in [9.17, 15) is 4.79 Å². The van der Waals surface area contributed by atoms with Crippen LogP contribution >= 0.6 is 0 Å². The summed E-state index contributed by atoms with van der Waals surface area (Å²) in [6.45, 7) is 2.64. The number of nitrogens with zero attached hydrogens (tertiary/aromatic N) is 3. The van der Waals surface area contributed by atoms with Gasteiger partial charge in [0.05, 0.1) is 18.4 Å². The molecule has 0 radical (unpaired) electrons. The lowest BCUT2D eigenvalue weighted by Gasteiger charge is -2.17. The van der Waals surface area contributed by atoms with Crippen LogP contribution in [0, 0.1) is 6.92 Å². The number of rotatable bonds is 7. The third kappa shape index (κ3) is 4.85. The average molecular weight is 376 g/mol. The fourth-order valence-electron chi connectivity index (χ4n) is 2.82. The minimum Gasteiger partial charge on any atom is -0.495 e. The van der Waals surface area contributed by atoms with Crippen molar-refractivity contribution in [3.05, 3.63) is 77.7 Å². The topological polar surface area (TPSA) is 67.3 Å². The fraction of sp³-hybridized carbons (Fsp3) is 0.227. The summed E-state index contributed by atoms with van der Waals surface area (Å²) in [5.41, 5.74) is 3.66. The van der Waals surface area contributed by atoms with Crippen LogP contribution in [0.1, 0.15) is 21.5 Å². The number of carbonyl (C=O) groups is 1. The summed E-state index contributed by atoms with van der Waals surface area (Å²) in [7, 11) is 3.43. The molecule has 0 atom stereocenters. The third-order valence-corrected chi connectivity index (χ3v) is 4.46. The first-order valence-corrected chi connectivity index (χ1v) is 9.09. The predicted molar refractivity (Wildman–Crippen MR) is 110 cm³/mol. The Morgan fingerprint density at radius 1 is 1.14 bits per heavy atom. The SMILES string of the molecule is COc1ccc(C)cc1Nc1ccc(C(=O)N(C)CCc2ccncc2)cn1. The number of hydrogen-bond donors (Lipinski definition) is 1. The molecule has 0 saturated heterocycles. The number of methoxy groups -OCH3 is 1. The van der Waals surface area contributed by atoms with Crippen LogP contribution in [0.15, 0.2) is 61.1 Å². The van der Waals surface area contributed by atoms with E-state index in [1.807, 2.05) is 37.3 Å². The summed E-state index contributed by atoms with van der Waals surface area (Å²) >= 11 is 0. The largest absolute Gasteiger partial charge is 0.495 e. The minimum atomic E-state index is -0.0544. The Bertz CT molecular complexity index is 927. The van der Waals surface area contributed by atoms with E-state index in [4.69, 9.17) is 4.74 Å². The van der Waals surface area contributed by atoms with Gasteiger partial charge in [0.1, 0.15) is 11.6 Å². The number of pyridine rings is 2. The maximum absolute atomic E-state index is 12.6. The smallest absolute Gasteiger partial charge is 0.255 e. The molecule has 0 unspecified atom stereocenters. The Kier molecular flexibility index (Phi) is 6.22. The second-order valence-corrected chi connectivity index (χ2v) is 6.59. The standard InChI is InChI=1S/C22H24N4O2/c1-16-4-6-20(28-3)19(14-16)25-21-7-5-18(15-24-21)22(27)26(2)13-10-17-8-11-23-12-9-17/h4-9,11-12,14-15H,10,13H2,1-3H3,(H,24,25). The van der Waals surface area contributed by atoms with Crippen LogP contribution in [-0.4, -0.2) is 41.5 Å². The molecular weight excluding hydrogens is 352 g/mol. The van der Waals surface area contributed by atoms with Gasteiger partial charge in [0, 0.05) is 32.2 Å². The van der Waals surface area contributed by atoms with E-state index >= 15 is 0 Å². The molecule has 3 rings (SSSR count). The third-order valence-electron chi connectivity index (χ3n) is 4.46. The number of likely N-dealkylation sites (N-methyl/N-ethyl adjacent to an activating group) is 1. The van der Waals surface area contributed by atoms with E-state index in [1.165, 1.54) is 0 Å². The highest BCUT2D eigenvalue weighted by Crippen LogP contribution is 2.27. The summed E-state index contributed by atoms with van der Waals surface area (Å²) in [6.07, 6.45) is 5.90. The zero-order valence-electron chi connectivity index (χ0n) is 16.3. The Morgan fingerprint density at radius 2 is 1.93 bits per heavy atom. The highest BCUT2D eigenvalue weighted by atomic mass is 16.5. The van der Waals surface area contributed by atoms with Crippen molar-refractivity contribution >= 4 is 17.4 Å². The molecule has 1 amide bonds. The van der Waals surface area contributed by atoms with Crippen molar-refractivity contribution in [3.63, 3.8) is 0 Å². The predicted octanol–water partition coefficient (Wildman–Crippen LogP) is 3.85. The van der Waals surface area contributed by atoms with Crippen molar-refractivity contribution in [2.24, 2.45) is 0 Å². The number of carbonyl (C=O) groups excluding carboxylic acids is 1. The average Bonchev–Trinajstić information content (AvgIpc) is 2.73. The lowest BCUT2D eigenvalue weighted by Crippen LogP contribution is -2.28. The highest BCUT2D eigenvalue weighted by molar-refractivity contribution is 5.94. The molecule has 28 heavy (non-hydrogen) atoms. The molecule has 0 saturated carbocycles. The molecule has 3 aromatic rings. The number of amides is 1. The van der Waals surface area contributed by atoms with E-state index < -0.39 is 0 Å². The fourth-order valence-corrected chi connectivity index (χ4v) is 2.82. The lowest BCUT2D eigenvalue weighted by molar-refractivity contribution is 0.0796. The number of aryl methyl sites for hydroxylation is 1. The molecule has 0 spiro atoms. The van der Waals surface area contributed by atoms with Crippen LogP contribution in [0.25, 0.3) is 0 Å².